The monoisotopic (exact) mass is 458 g/mol. The molecule has 0 unspecified atom stereocenters. The summed E-state index contributed by atoms with van der Waals surface area (Å²) in [5.74, 6) is -1.87. The van der Waals surface area contributed by atoms with E-state index in [2.05, 4.69) is 5.32 Å². The van der Waals surface area contributed by atoms with E-state index in [0.717, 1.165) is 28.3 Å². The molecule has 1 N–H and O–H groups in total. The first-order valence-corrected chi connectivity index (χ1v) is 11.8. The lowest BCUT2D eigenvalue weighted by atomic mass is 10.0. The topological polar surface area (TPSA) is 66.5 Å². The number of nitrogens with one attached hydrogen (secondary N) is 1. The number of sulfonamides is 1. The number of anilines is 1. The standard InChI is InChI=1S/C24H24F2N2O3S/c1-17(19-6-4-3-5-7-19)15-27-24(29)20-10-8-18(9-11-20)16-28(32(2,30)31)23-13-12-21(25)14-22(23)26/h3-14,17H,15-16H2,1-2H3,(H,27,29)/t17-/m0/s1. The number of hydrogen-bond donors (Lipinski definition) is 1. The largest absolute Gasteiger partial charge is 0.351 e. The Morgan fingerprint density at radius 2 is 1.66 bits per heavy atom. The molecule has 0 bridgehead atoms. The van der Waals surface area contributed by atoms with Crippen molar-refractivity contribution in [3.63, 3.8) is 0 Å². The van der Waals surface area contributed by atoms with Gasteiger partial charge in [0.15, 0.2) is 0 Å². The average Bonchev–Trinajstić information content (AvgIpc) is 2.76. The van der Waals surface area contributed by atoms with Crippen LogP contribution in [0.1, 0.15) is 34.3 Å². The third-order valence-electron chi connectivity index (χ3n) is 5.06. The van der Waals surface area contributed by atoms with Crippen LogP contribution in [0.2, 0.25) is 0 Å². The number of carbonyl (C=O) groups excluding carboxylic acids is 1. The third kappa shape index (κ3) is 5.91. The van der Waals surface area contributed by atoms with E-state index >= 15 is 0 Å². The predicted molar refractivity (Wildman–Crippen MR) is 121 cm³/mol. The molecule has 0 saturated carbocycles. The van der Waals surface area contributed by atoms with Gasteiger partial charge in [-0.3, -0.25) is 9.10 Å². The Bertz CT molecular complexity index is 1180. The second-order valence-electron chi connectivity index (χ2n) is 7.58. The van der Waals surface area contributed by atoms with Gasteiger partial charge >= 0.3 is 0 Å². The van der Waals surface area contributed by atoms with E-state index in [-0.39, 0.29) is 24.1 Å². The van der Waals surface area contributed by atoms with Crippen molar-refractivity contribution in [2.45, 2.75) is 19.4 Å². The van der Waals surface area contributed by atoms with Gasteiger partial charge in [0, 0.05) is 18.2 Å². The Balaban J connectivity index is 1.69. The first-order chi connectivity index (χ1) is 15.1. The molecule has 0 heterocycles. The highest BCUT2D eigenvalue weighted by Crippen LogP contribution is 2.25. The zero-order chi connectivity index (χ0) is 23.3. The van der Waals surface area contributed by atoms with E-state index in [1.54, 1.807) is 24.3 Å². The van der Waals surface area contributed by atoms with Crippen molar-refractivity contribution in [1.82, 2.24) is 5.32 Å². The second-order valence-corrected chi connectivity index (χ2v) is 9.49. The summed E-state index contributed by atoms with van der Waals surface area (Å²) in [7, 11) is -3.83. The maximum absolute atomic E-state index is 14.2. The Morgan fingerprint density at radius 1 is 1.00 bits per heavy atom. The van der Waals surface area contributed by atoms with Gasteiger partial charge in [-0.05, 0) is 41.3 Å². The minimum atomic E-state index is -3.83. The van der Waals surface area contributed by atoms with Crippen LogP contribution >= 0.6 is 0 Å². The van der Waals surface area contributed by atoms with Crippen molar-refractivity contribution in [2.24, 2.45) is 0 Å². The summed E-state index contributed by atoms with van der Waals surface area (Å²) in [6.07, 6.45) is 0.950. The number of halogens is 2. The average molecular weight is 459 g/mol. The smallest absolute Gasteiger partial charge is 0.251 e. The Labute approximate surface area is 186 Å². The molecule has 32 heavy (non-hydrogen) atoms. The van der Waals surface area contributed by atoms with Gasteiger partial charge in [-0.15, -0.1) is 0 Å². The lowest BCUT2D eigenvalue weighted by Gasteiger charge is -2.23. The normalized spacial score (nSPS) is 12.2. The van der Waals surface area contributed by atoms with Gasteiger partial charge in [-0.1, -0.05) is 49.4 Å². The zero-order valence-electron chi connectivity index (χ0n) is 17.8. The number of hydrogen-bond acceptors (Lipinski definition) is 3. The zero-order valence-corrected chi connectivity index (χ0v) is 18.6. The molecule has 3 rings (SSSR count). The lowest BCUT2D eigenvalue weighted by Crippen LogP contribution is -2.30. The van der Waals surface area contributed by atoms with Crippen molar-refractivity contribution >= 4 is 21.6 Å². The van der Waals surface area contributed by atoms with E-state index in [9.17, 15) is 22.0 Å². The summed E-state index contributed by atoms with van der Waals surface area (Å²) in [5.41, 5.74) is 1.85. The van der Waals surface area contributed by atoms with Crippen molar-refractivity contribution in [3.8, 4) is 0 Å². The lowest BCUT2D eigenvalue weighted by molar-refractivity contribution is 0.0951. The third-order valence-corrected chi connectivity index (χ3v) is 6.18. The first-order valence-electron chi connectivity index (χ1n) is 10.00. The molecular weight excluding hydrogens is 434 g/mol. The van der Waals surface area contributed by atoms with Crippen LogP contribution in [0.25, 0.3) is 0 Å². The SMILES string of the molecule is C[C@@H](CNC(=O)c1ccc(CN(c2ccc(F)cc2F)S(C)(=O)=O)cc1)c1ccccc1. The number of nitrogens with zero attached hydrogens (tertiary/aromatic N) is 1. The molecule has 0 spiro atoms. The molecule has 8 heteroatoms. The van der Waals surface area contributed by atoms with Crippen LogP contribution in [-0.2, 0) is 16.6 Å². The number of benzene rings is 3. The fraction of sp³-hybridized carbons (Fsp3) is 0.208. The summed E-state index contributed by atoms with van der Waals surface area (Å²) in [6, 6.07) is 18.9. The molecule has 0 fully saturated rings. The molecule has 1 atom stereocenters. The molecule has 0 radical (unpaired) electrons. The molecule has 5 nitrogen and oxygen atoms in total. The Kier molecular flexibility index (Phi) is 7.25. The van der Waals surface area contributed by atoms with Crippen LogP contribution in [0, 0.1) is 11.6 Å². The molecule has 0 aliphatic rings. The van der Waals surface area contributed by atoms with E-state index in [1.165, 1.54) is 0 Å². The van der Waals surface area contributed by atoms with E-state index in [1.807, 2.05) is 37.3 Å². The molecular formula is C24H24F2N2O3S. The van der Waals surface area contributed by atoms with Crippen LogP contribution in [0.3, 0.4) is 0 Å². The van der Waals surface area contributed by atoms with Crippen LogP contribution in [-0.4, -0.2) is 27.1 Å². The minimum absolute atomic E-state index is 0.147. The molecule has 0 aromatic heterocycles. The summed E-state index contributed by atoms with van der Waals surface area (Å²) < 4.78 is 52.7. The van der Waals surface area contributed by atoms with Gasteiger partial charge in [0.1, 0.15) is 11.6 Å². The summed E-state index contributed by atoms with van der Waals surface area (Å²) in [5, 5.41) is 2.89. The fourth-order valence-electron chi connectivity index (χ4n) is 3.24. The van der Waals surface area contributed by atoms with Crippen molar-refractivity contribution in [2.75, 3.05) is 17.1 Å². The van der Waals surface area contributed by atoms with Gasteiger partial charge in [0.05, 0.1) is 18.5 Å². The van der Waals surface area contributed by atoms with Gasteiger partial charge < -0.3 is 5.32 Å². The van der Waals surface area contributed by atoms with Crippen LogP contribution in [0.4, 0.5) is 14.5 Å². The van der Waals surface area contributed by atoms with Crippen molar-refractivity contribution < 1.29 is 22.0 Å². The van der Waals surface area contributed by atoms with E-state index in [4.69, 9.17) is 0 Å². The molecule has 0 aliphatic heterocycles. The highest BCUT2D eigenvalue weighted by Gasteiger charge is 2.22. The minimum Gasteiger partial charge on any atom is -0.351 e. The Morgan fingerprint density at radius 3 is 2.25 bits per heavy atom. The van der Waals surface area contributed by atoms with E-state index < -0.39 is 21.7 Å². The van der Waals surface area contributed by atoms with Gasteiger partial charge in [0.25, 0.3) is 5.91 Å². The van der Waals surface area contributed by atoms with Crippen molar-refractivity contribution in [3.05, 3.63) is 101 Å². The maximum Gasteiger partial charge on any atom is 0.251 e. The van der Waals surface area contributed by atoms with E-state index in [0.29, 0.717) is 23.7 Å². The highest BCUT2D eigenvalue weighted by molar-refractivity contribution is 7.92. The number of carbonyl (C=O) groups is 1. The molecule has 3 aromatic carbocycles. The summed E-state index contributed by atoms with van der Waals surface area (Å²) >= 11 is 0. The number of rotatable bonds is 8. The van der Waals surface area contributed by atoms with Crippen molar-refractivity contribution in [1.29, 1.82) is 0 Å². The van der Waals surface area contributed by atoms with Crippen LogP contribution in [0.5, 0.6) is 0 Å². The predicted octanol–water partition coefficient (Wildman–Crippen LogP) is 4.46. The Hall–Kier alpha value is -3.26. The van der Waals surface area contributed by atoms with Crippen LogP contribution < -0.4 is 9.62 Å². The second kappa shape index (κ2) is 9.91. The molecule has 0 aliphatic carbocycles. The first kappa shape index (κ1) is 23.4. The van der Waals surface area contributed by atoms with Gasteiger partial charge in [-0.2, -0.15) is 0 Å². The highest BCUT2D eigenvalue weighted by atomic mass is 32.2. The molecule has 1 amide bonds. The molecule has 0 saturated heterocycles. The fourth-order valence-corrected chi connectivity index (χ4v) is 4.13. The summed E-state index contributed by atoms with van der Waals surface area (Å²) in [6.45, 7) is 2.33. The maximum atomic E-state index is 14.2. The summed E-state index contributed by atoms with van der Waals surface area (Å²) in [4.78, 5) is 12.5. The number of amides is 1. The van der Waals surface area contributed by atoms with Gasteiger partial charge in [0.2, 0.25) is 10.0 Å². The molecule has 3 aromatic rings. The van der Waals surface area contributed by atoms with Crippen LogP contribution in [0.15, 0.2) is 72.8 Å². The van der Waals surface area contributed by atoms with Gasteiger partial charge in [-0.25, -0.2) is 17.2 Å². The molecule has 168 valence electrons. The quantitative estimate of drug-likeness (QED) is 0.542.